The molecule has 1 aliphatic heterocycles. The molecule has 2 rings (SSSR count). The molecule has 2 amide bonds. The number of aryl methyl sites for hydroxylation is 1. The fourth-order valence-corrected chi connectivity index (χ4v) is 2.26. The number of nitrogens with zero attached hydrogens (tertiary/aromatic N) is 2. The van der Waals surface area contributed by atoms with Crippen LogP contribution in [-0.2, 0) is 4.79 Å². The highest BCUT2D eigenvalue weighted by molar-refractivity contribution is 5.92. The van der Waals surface area contributed by atoms with E-state index in [0.29, 0.717) is 24.5 Å². The van der Waals surface area contributed by atoms with Gasteiger partial charge in [0.2, 0.25) is 5.91 Å². The first-order valence-electron chi connectivity index (χ1n) is 7.31. The maximum Gasteiger partial charge on any atom is 0.276 e. The number of hydrogen-bond acceptors (Lipinski definition) is 4. The summed E-state index contributed by atoms with van der Waals surface area (Å²) in [6.07, 6.45) is 1.54. The fourth-order valence-electron chi connectivity index (χ4n) is 2.26. The smallest absolute Gasteiger partial charge is 0.276 e. The Morgan fingerprint density at radius 3 is 2.43 bits per heavy atom. The molecule has 116 valence electrons. The molecule has 0 unspecified atom stereocenters. The second-order valence-corrected chi connectivity index (χ2v) is 6.61. The Morgan fingerprint density at radius 1 is 1.33 bits per heavy atom. The number of carbonyl (C=O) groups excluding carboxylic acids is 2. The van der Waals surface area contributed by atoms with Gasteiger partial charge in [-0.05, 0) is 19.8 Å². The zero-order valence-electron chi connectivity index (χ0n) is 13.1. The molecule has 1 N–H and O–H groups in total. The summed E-state index contributed by atoms with van der Waals surface area (Å²) in [7, 11) is 0. The Bertz CT molecular complexity index is 523. The van der Waals surface area contributed by atoms with Crippen molar-refractivity contribution in [1.29, 1.82) is 0 Å². The van der Waals surface area contributed by atoms with Gasteiger partial charge in [-0.2, -0.15) is 0 Å². The molecule has 1 aromatic heterocycles. The van der Waals surface area contributed by atoms with Crippen molar-refractivity contribution in [2.45, 2.75) is 46.6 Å². The van der Waals surface area contributed by atoms with Crippen molar-refractivity contribution in [3.8, 4) is 0 Å². The Morgan fingerprint density at radius 2 is 1.95 bits per heavy atom. The summed E-state index contributed by atoms with van der Waals surface area (Å²) in [4.78, 5) is 25.9. The summed E-state index contributed by atoms with van der Waals surface area (Å²) >= 11 is 0. The van der Waals surface area contributed by atoms with Crippen molar-refractivity contribution in [2.75, 3.05) is 13.1 Å². The van der Waals surface area contributed by atoms with Crippen LogP contribution in [0.15, 0.2) is 10.6 Å². The third-order valence-electron chi connectivity index (χ3n) is 3.65. The van der Waals surface area contributed by atoms with Crippen LogP contribution in [0.4, 0.5) is 0 Å². The van der Waals surface area contributed by atoms with Crippen molar-refractivity contribution in [1.82, 2.24) is 15.4 Å². The predicted molar refractivity (Wildman–Crippen MR) is 77.8 cm³/mol. The van der Waals surface area contributed by atoms with Gasteiger partial charge in [0, 0.05) is 30.6 Å². The van der Waals surface area contributed by atoms with Crippen LogP contribution in [0.3, 0.4) is 0 Å². The average Bonchev–Trinajstić information content (AvgIpc) is 2.84. The fraction of sp³-hybridized carbons (Fsp3) is 0.667. The van der Waals surface area contributed by atoms with Crippen molar-refractivity contribution < 1.29 is 14.1 Å². The molecule has 1 saturated heterocycles. The third kappa shape index (κ3) is 3.83. The van der Waals surface area contributed by atoms with Crippen LogP contribution in [0.1, 0.15) is 49.9 Å². The number of aromatic nitrogens is 1. The van der Waals surface area contributed by atoms with Crippen molar-refractivity contribution in [3.63, 3.8) is 0 Å². The molecule has 0 atom stereocenters. The van der Waals surface area contributed by atoms with Crippen LogP contribution in [0.5, 0.6) is 0 Å². The first kappa shape index (κ1) is 15.5. The van der Waals surface area contributed by atoms with Gasteiger partial charge in [0.25, 0.3) is 5.91 Å². The molecular weight excluding hydrogens is 270 g/mol. The Labute approximate surface area is 124 Å². The SMILES string of the molecule is Cc1cc(C(=O)N2CCC(NC(=O)C(C)(C)C)CC2)no1. The molecule has 0 aromatic carbocycles. The van der Waals surface area contributed by atoms with Crippen LogP contribution in [0.25, 0.3) is 0 Å². The average molecular weight is 293 g/mol. The second kappa shape index (κ2) is 5.87. The minimum absolute atomic E-state index is 0.0550. The van der Waals surface area contributed by atoms with E-state index in [2.05, 4.69) is 10.5 Å². The standard InChI is InChI=1S/C15H23N3O3/c1-10-9-12(17-21-10)13(19)18-7-5-11(6-8-18)16-14(20)15(2,3)4/h9,11H,5-8H2,1-4H3,(H,16,20). The molecule has 6 nitrogen and oxygen atoms in total. The molecule has 2 heterocycles. The zero-order chi connectivity index (χ0) is 15.6. The molecular formula is C15H23N3O3. The topological polar surface area (TPSA) is 75.4 Å². The molecule has 1 aliphatic rings. The van der Waals surface area contributed by atoms with Gasteiger partial charge in [0.15, 0.2) is 5.69 Å². The number of amides is 2. The lowest BCUT2D eigenvalue weighted by molar-refractivity contribution is -0.129. The minimum atomic E-state index is -0.384. The van der Waals surface area contributed by atoms with E-state index >= 15 is 0 Å². The highest BCUT2D eigenvalue weighted by Crippen LogP contribution is 2.17. The van der Waals surface area contributed by atoms with Gasteiger partial charge in [-0.1, -0.05) is 25.9 Å². The van der Waals surface area contributed by atoms with Crippen LogP contribution in [-0.4, -0.2) is 41.0 Å². The Balaban J connectivity index is 1.86. The predicted octanol–water partition coefficient (Wildman–Crippen LogP) is 1.75. The molecule has 0 aliphatic carbocycles. The van der Waals surface area contributed by atoms with Gasteiger partial charge in [0.1, 0.15) is 5.76 Å². The van der Waals surface area contributed by atoms with E-state index in [1.54, 1.807) is 17.9 Å². The molecule has 0 radical (unpaired) electrons. The Kier molecular flexibility index (Phi) is 4.34. The summed E-state index contributed by atoms with van der Waals surface area (Å²) in [5, 5.41) is 6.81. The number of hydrogen-bond donors (Lipinski definition) is 1. The minimum Gasteiger partial charge on any atom is -0.361 e. The van der Waals surface area contributed by atoms with E-state index in [1.165, 1.54) is 0 Å². The van der Waals surface area contributed by atoms with E-state index in [1.807, 2.05) is 20.8 Å². The van der Waals surface area contributed by atoms with Crippen LogP contribution in [0.2, 0.25) is 0 Å². The molecule has 0 saturated carbocycles. The highest BCUT2D eigenvalue weighted by atomic mass is 16.5. The van der Waals surface area contributed by atoms with Gasteiger partial charge < -0.3 is 14.7 Å². The van der Waals surface area contributed by atoms with Crippen molar-refractivity contribution in [2.24, 2.45) is 5.41 Å². The molecule has 1 fully saturated rings. The largest absolute Gasteiger partial charge is 0.361 e. The first-order valence-corrected chi connectivity index (χ1v) is 7.31. The first-order chi connectivity index (χ1) is 9.77. The van der Waals surface area contributed by atoms with Gasteiger partial charge in [-0.3, -0.25) is 9.59 Å². The number of likely N-dealkylation sites (tertiary alicyclic amines) is 1. The van der Waals surface area contributed by atoms with E-state index in [9.17, 15) is 9.59 Å². The van der Waals surface area contributed by atoms with Gasteiger partial charge in [-0.15, -0.1) is 0 Å². The molecule has 6 heteroatoms. The Hall–Kier alpha value is -1.85. The zero-order valence-corrected chi connectivity index (χ0v) is 13.1. The van der Waals surface area contributed by atoms with Crippen molar-refractivity contribution in [3.05, 3.63) is 17.5 Å². The quantitative estimate of drug-likeness (QED) is 0.901. The summed E-state index contributed by atoms with van der Waals surface area (Å²) in [5.41, 5.74) is -0.0322. The van der Waals surface area contributed by atoms with E-state index in [4.69, 9.17) is 4.52 Å². The number of rotatable bonds is 2. The third-order valence-corrected chi connectivity index (χ3v) is 3.65. The van der Waals surface area contributed by atoms with Crippen LogP contribution >= 0.6 is 0 Å². The summed E-state index contributed by atoms with van der Waals surface area (Å²) in [5.74, 6) is 0.581. The molecule has 21 heavy (non-hydrogen) atoms. The maximum absolute atomic E-state index is 12.2. The highest BCUT2D eigenvalue weighted by Gasteiger charge is 2.29. The van der Waals surface area contributed by atoms with Crippen LogP contribution in [0, 0.1) is 12.3 Å². The lowest BCUT2D eigenvalue weighted by Gasteiger charge is -2.33. The van der Waals surface area contributed by atoms with Gasteiger partial charge in [0.05, 0.1) is 0 Å². The van der Waals surface area contributed by atoms with Crippen molar-refractivity contribution >= 4 is 11.8 Å². The molecule has 0 bridgehead atoms. The van der Waals surface area contributed by atoms with Gasteiger partial charge in [-0.25, -0.2) is 0 Å². The molecule has 1 aromatic rings. The summed E-state index contributed by atoms with van der Waals surface area (Å²) in [6.45, 7) is 8.70. The summed E-state index contributed by atoms with van der Waals surface area (Å²) < 4.78 is 4.93. The van der Waals surface area contributed by atoms with E-state index < -0.39 is 0 Å². The van der Waals surface area contributed by atoms with E-state index in [0.717, 1.165) is 12.8 Å². The lowest BCUT2D eigenvalue weighted by Crippen LogP contribution is -2.49. The normalized spacial score (nSPS) is 16.9. The lowest BCUT2D eigenvalue weighted by atomic mass is 9.94. The monoisotopic (exact) mass is 293 g/mol. The number of carbonyl (C=O) groups is 2. The maximum atomic E-state index is 12.2. The van der Waals surface area contributed by atoms with E-state index in [-0.39, 0.29) is 23.3 Å². The summed E-state index contributed by atoms with van der Waals surface area (Å²) in [6, 6.07) is 1.79. The molecule has 0 spiro atoms. The van der Waals surface area contributed by atoms with Gasteiger partial charge >= 0.3 is 0 Å². The second-order valence-electron chi connectivity index (χ2n) is 6.61. The number of piperidine rings is 1. The number of nitrogens with one attached hydrogen (secondary N) is 1. The van der Waals surface area contributed by atoms with Crippen LogP contribution < -0.4 is 5.32 Å².